The Morgan fingerprint density at radius 3 is 2.28 bits per heavy atom. The fourth-order valence-electron chi connectivity index (χ4n) is 1.42. The van der Waals surface area contributed by atoms with Gasteiger partial charge in [-0.15, -0.1) is 0 Å². The number of methoxy groups -OCH3 is 1. The molecule has 18 heavy (non-hydrogen) atoms. The Bertz CT molecular complexity index is 442. The van der Waals surface area contributed by atoms with Crippen molar-refractivity contribution >= 4 is 9.84 Å². The van der Waals surface area contributed by atoms with Gasteiger partial charge in [0.2, 0.25) is 0 Å². The number of rotatable bonds is 8. The van der Waals surface area contributed by atoms with Crippen LogP contribution in [-0.4, -0.2) is 40.2 Å². The number of ether oxygens (including phenoxy) is 2. The van der Waals surface area contributed by atoms with Crippen LogP contribution in [0.4, 0.5) is 0 Å². The summed E-state index contributed by atoms with van der Waals surface area (Å²) in [5.74, 6) is 1.61. The lowest BCUT2D eigenvalue weighted by Crippen LogP contribution is -2.19. The maximum atomic E-state index is 11.4. The zero-order valence-electron chi connectivity index (χ0n) is 10.5. The Balaban J connectivity index is 2.29. The highest BCUT2D eigenvalue weighted by atomic mass is 32.2. The summed E-state index contributed by atoms with van der Waals surface area (Å²) in [6.45, 7) is 0.539. The highest BCUT2D eigenvalue weighted by molar-refractivity contribution is 7.91. The van der Waals surface area contributed by atoms with Crippen LogP contribution in [0.25, 0.3) is 0 Å². The van der Waals surface area contributed by atoms with Crippen molar-refractivity contribution in [1.82, 2.24) is 0 Å². The van der Waals surface area contributed by atoms with E-state index >= 15 is 0 Å². The molecule has 1 aromatic rings. The molecule has 2 N–H and O–H groups in total. The van der Waals surface area contributed by atoms with Crippen LogP contribution in [0.1, 0.15) is 6.42 Å². The van der Waals surface area contributed by atoms with Crippen LogP contribution in [0.2, 0.25) is 0 Å². The summed E-state index contributed by atoms with van der Waals surface area (Å²) >= 11 is 0. The molecule has 0 aliphatic heterocycles. The van der Waals surface area contributed by atoms with E-state index in [2.05, 4.69) is 0 Å². The molecular formula is C12H19NO4S. The van der Waals surface area contributed by atoms with E-state index < -0.39 is 9.84 Å². The second-order valence-corrected chi connectivity index (χ2v) is 6.12. The summed E-state index contributed by atoms with van der Waals surface area (Å²) in [5.41, 5.74) is 5.21. The van der Waals surface area contributed by atoms with Crippen molar-refractivity contribution in [2.75, 3.05) is 31.8 Å². The monoisotopic (exact) mass is 273 g/mol. The zero-order valence-corrected chi connectivity index (χ0v) is 11.3. The number of hydrogen-bond donors (Lipinski definition) is 1. The molecule has 0 atom stereocenters. The predicted molar refractivity (Wildman–Crippen MR) is 70.8 cm³/mol. The average molecular weight is 273 g/mol. The van der Waals surface area contributed by atoms with Crippen molar-refractivity contribution in [3.8, 4) is 11.5 Å². The van der Waals surface area contributed by atoms with Gasteiger partial charge in [0.15, 0.2) is 9.84 Å². The topological polar surface area (TPSA) is 78.6 Å². The largest absolute Gasteiger partial charge is 0.497 e. The van der Waals surface area contributed by atoms with Crippen molar-refractivity contribution < 1.29 is 17.9 Å². The molecule has 0 saturated carbocycles. The molecule has 0 bridgehead atoms. The third-order valence-corrected chi connectivity index (χ3v) is 4.13. The van der Waals surface area contributed by atoms with Gasteiger partial charge >= 0.3 is 0 Å². The Morgan fingerprint density at radius 2 is 1.72 bits per heavy atom. The van der Waals surface area contributed by atoms with Gasteiger partial charge in [-0.3, -0.25) is 0 Å². The first-order chi connectivity index (χ1) is 8.57. The Kier molecular flexibility index (Phi) is 5.94. The van der Waals surface area contributed by atoms with Gasteiger partial charge in [-0.2, -0.15) is 0 Å². The lowest BCUT2D eigenvalue weighted by molar-refractivity contribution is 0.317. The first-order valence-electron chi connectivity index (χ1n) is 5.75. The van der Waals surface area contributed by atoms with Crippen molar-refractivity contribution in [3.63, 3.8) is 0 Å². The molecule has 0 heterocycles. The van der Waals surface area contributed by atoms with Gasteiger partial charge in [-0.05, 0) is 30.7 Å². The first kappa shape index (κ1) is 14.8. The molecule has 0 radical (unpaired) electrons. The molecule has 0 unspecified atom stereocenters. The predicted octanol–water partition coefficient (Wildman–Crippen LogP) is 0.838. The van der Waals surface area contributed by atoms with Crippen LogP contribution in [0.15, 0.2) is 24.3 Å². The molecule has 6 heteroatoms. The van der Waals surface area contributed by atoms with Gasteiger partial charge in [-0.1, -0.05) is 0 Å². The van der Waals surface area contributed by atoms with Crippen LogP contribution in [0.3, 0.4) is 0 Å². The molecule has 102 valence electrons. The number of sulfone groups is 1. The Hall–Kier alpha value is -1.27. The number of nitrogens with two attached hydrogens (primary N) is 1. The third-order valence-electron chi connectivity index (χ3n) is 2.36. The number of benzene rings is 1. The van der Waals surface area contributed by atoms with E-state index in [1.807, 2.05) is 0 Å². The van der Waals surface area contributed by atoms with Gasteiger partial charge in [0, 0.05) is 6.54 Å². The van der Waals surface area contributed by atoms with Crippen LogP contribution < -0.4 is 15.2 Å². The second-order valence-electron chi connectivity index (χ2n) is 3.82. The quantitative estimate of drug-likeness (QED) is 0.710. The maximum Gasteiger partial charge on any atom is 0.151 e. The summed E-state index contributed by atoms with van der Waals surface area (Å²) in [6.07, 6.45) is 0.467. The van der Waals surface area contributed by atoms with E-state index in [-0.39, 0.29) is 18.1 Å². The van der Waals surface area contributed by atoms with Gasteiger partial charge in [0.25, 0.3) is 0 Å². The van der Waals surface area contributed by atoms with Crippen molar-refractivity contribution in [2.45, 2.75) is 6.42 Å². The molecule has 0 aromatic heterocycles. The Labute approximate surface area is 108 Å². The van der Waals surface area contributed by atoms with Crippen molar-refractivity contribution in [1.29, 1.82) is 0 Å². The van der Waals surface area contributed by atoms with Gasteiger partial charge in [0.05, 0.1) is 25.2 Å². The standard InChI is InChI=1S/C12H19NO4S/c1-16-11-3-5-12(6-4-11)17-8-2-9-18(14,15)10-7-13/h3-6H,2,7-10,13H2,1H3. The highest BCUT2D eigenvalue weighted by Gasteiger charge is 2.08. The SMILES string of the molecule is COc1ccc(OCCCS(=O)(=O)CCN)cc1. The van der Waals surface area contributed by atoms with E-state index in [0.717, 1.165) is 5.75 Å². The van der Waals surface area contributed by atoms with Gasteiger partial charge in [-0.25, -0.2) is 8.42 Å². The summed E-state index contributed by atoms with van der Waals surface area (Å²) in [4.78, 5) is 0. The van der Waals surface area contributed by atoms with E-state index in [9.17, 15) is 8.42 Å². The average Bonchev–Trinajstić information content (AvgIpc) is 2.35. The summed E-state index contributed by atoms with van der Waals surface area (Å²) in [5, 5.41) is 0. The highest BCUT2D eigenvalue weighted by Crippen LogP contribution is 2.17. The Morgan fingerprint density at radius 1 is 1.11 bits per heavy atom. The zero-order chi connectivity index (χ0) is 13.4. The van der Waals surface area contributed by atoms with E-state index in [1.165, 1.54) is 0 Å². The molecule has 0 amide bonds. The van der Waals surface area contributed by atoms with Crippen molar-refractivity contribution in [2.24, 2.45) is 5.73 Å². The second kappa shape index (κ2) is 7.23. The first-order valence-corrected chi connectivity index (χ1v) is 7.57. The van der Waals surface area contributed by atoms with E-state index in [4.69, 9.17) is 15.2 Å². The van der Waals surface area contributed by atoms with Crippen LogP contribution in [0, 0.1) is 0 Å². The summed E-state index contributed by atoms with van der Waals surface area (Å²) < 4.78 is 33.2. The van der Waals surface area contributed by atoms with Crippen LogP contribution >= 0.6 is 0 Å². The molecule has 1 aromatic carbocycles. The minimum absolute atomic E-state index is 0.0372. The van der Waals surface area contributed by atoms with E-state index in [1.54, 1.807) is 31.4 Å². The molecule has 0 aliphatic rings. The fraction of sp³-hybridized carbons (Fsp3) is 0.500. The lowest BCUT2D eigenvalue weighted by atomic mass is 10.3. The minimum atomic E-state index is -3.02. The molecule has 0 fully saturated rings. The van der Waals surface area contributed by atoms with Gasteiger partial charge < -0.3 is 15.2 Å². The molecule has 1 rings (SSSR count). The smallest absolute Gasteiger partial charge is 0.151 e. The fourth-order valence-corrected chi connectivity index (χ4v) is 2.54. The van der Waals surface area contributed by atoms with Crippen LogP contribution in [-0.2, 0) is 9.84 Å². The molecule has 0 saturated heterocycles. The summed E-state index contributed by atoms with van der Waals surface area (Å²) in [6, 6.07) is 7.15. The molecule has 0 spiro atoms. The third kappa shape index (κ3) is 5.37. The van der Waals surface area contributed by atoms with E-state index in [0.29, 0.717) is 18.8 Å². The molecule has 0 aliphatic carbocycles. The normalized spacial score (nSPS) is 11.2. The van der Waals surface area contributed by atoms with Crippen LogP contribution in [0.5, 0.6) is 11.5 Å². The lowest BCUT2D eigenvalue weighted by Gasteiger charge is -2.07. The molecule has 5 nitrogen and oxygen atoms in total. The minimum Gasteiger partial charge on any atom is -0.497 e. The van der Waals surface area contributed by atoms with Gasteiger partial charge in [0.1, 0.15) is 11.5 Å². The number of hydrogen-bond acceptors (Lipinski definition) is 5. The molecular weight excluding hydrogens is 254 g/mol. The maximum absolute atomic E-state index is 11.4. The van der Waals surface area contributed by atoms with Crippen molar-refractivity contribution in [3.05, 3.63) is 24.3 Å². The summed E-state index contributed by atoms with van der Waals surface area (Å²) in [7, 11) is -1.43.